The Balaban J connectivity index is 1.51. The summed E-state index contributed by atoms with van der Waals surface area (Å²) in [6, 6.07) is 4.24. The first-order valence-corrected chi connectivity index (χ1v) is 11.2. The zero-order valence-corrected chi connectivity index (χ0v) is 17.8. The molecule has 6 nitrogen and oxygen atoms in total. The van der Waals surface area contributed by atoms with Gasteiger partial charge in [-0.25, -0.2) is 0 Å². The number of likely N-dealkylation sites (tertiary alicyclic amines) is 1. The van der Waals surface area contributed by atoms with Gasteiger partial charge >= 0.3 is 11.8 Å². The van der Waals surface area contributed by atoms with Crippen LogP contribution in [0.3, 0.4) is 0 Å². The Morgan fingerprint density at radius 1 is 1.03 bits per heavy atom. The second-order valence-electron chi connectivity index (χ2n) is 8.33. The molecule has 1 aliphatic heterocycles. The molecule has 2 heterocycles. The van der Waals surface area contributed by atoms with Gasteiger partial charge in [0.25, 0.3) is 0 Å². The monoisotopic (exact) mass is 400 g/mol. The van der Waals surface area contributed by atoms with Crippen LogP contribution in [0.5, 0.6) is 0 Å². The van der Waals surface area contributed by atoms with Gasteiger partial charge in [0.1, 0.15) is 0 Å². The smallest absolute Gasteiger partial charge is 0.309 e. The summed E-state index contributed by atoms with van der Waals surface area (Å²) in [6.07, 6.45) is 14.8. The van der Waals surface area contributed by atoms with Crippen molar-refractivity contribution < 1.29 is 9.59 Å². The summed E-state index contributed by atoms with van der Waals surface area (Å²) in [6.45, 7) is 3.06. The molecule has 0 unspecified atom stereocenters. The van der Waals surface area contributed by atoms with E-state index in [0.29, 0.717) is 13.1 Å². The van der Waals surface area contributed by atoms with Gasteiger partial charge < -0.3 is 15.2 Å². The first-order valence-electron chi connectivity index (χ1n) is 11.2. The highest BCUT2D eigenvalue weighted by molar-refractivity contribution is 6.35. The second-order valence-corrected chi connectivity index (χ2v) is 8.33. The average Bonchev–Trinajstić information content (AvgIpc) is 2.99. The van der Waals surface area contributed by atoms with Gasteiger partial charge in [-0.3, -0.25) is 14.5 Å². The van der Waals surface area contributed by atoms with Crippen molar-refractivity contribution in [3.05, 3.63) is 35.7 Å². The van der Waals surface area contributed by atoms with Gasteiger partial charge in [0, 0.05) is 32.0 Å². The normalized spacial score (nSPS) is 19.1. The van der Waals surface area contributed by atoms with Crippen LogP contribution in [0.15, 0.2) is 30.0 Å². The molecule has 160 valence electrons. The van der Waals surface area contributed by atoms with E-state index < -0.39 is 11.8 Å². The van der Waals surface area contributed by atoms with Crippen LogP contribution >= 0.6 is 0 Å². The maximum absolute atomic E-state index is 12.4. The molecule has 3 rings (SSSR count). The van der Waals surface area contributed by atoms with Crippen LogP contribution < -0.4 is 10.6 Å². The standard InChI is InChI=1S/C23H36N4O2/c1-26-15-9-12-20(26)21(27-16-7-2-3-8-17-27)18-25-23(29)22(28)24-14-13-19-10-5-4-6-11-19/h9-10,12,15,21H,2-8,11,13-14,16-18H2,1H3,(H,24,28)(H,25,29)/t21-/m1/s1. The lowest BCUT2D eigenvalue weighted by atomic mass is 9.97. The fraction of sp³-hybridized carbons (Fsp3) is 0.652. The Labute approximate surface area is 174 Å². The highest BCUT2D eigenvalue weighted by atomic mass is 16.2. The number of nitrogens with one attached hydrogen (secondary N) is 2. The van der Waals surface area contributed by atoms with Crippen molar-refractivity contribution in [2.45, 2.75) is 63.8 Å². The highest BCUT2D eigenvalue weighted by Gasteiger charge is 2.25. The average molecular weight is 401 g/mol. The number of aromatic nitrogens is 1. The summed E-state index contributed by atoms with van der Waals surface area (Å²) >= 11 is 0. The van der Waals surface area contributed by atoms with E-state index in [-0.39, 0.29) is 6.04 Å². The first kappa shape index (κ1) is 21.6. The topological polar surface area (TPSA) is 66.4 Å². The van der Waals surface area contributed by atoms with E-state index in [2.05, 4.69) is 32.2 Å². The van der Waals surface area contributed by atoms with E-state index in [1.165, 1.54) is 49.8 Å². The summed E-state index contributed by atoms with van der Waals surface area (Å²) in [7, 11) is 2.04. The largest absolute Gasteiger partial charge is 0.353 e. The molecule has 1 atom stereocenters. The van der Waals surface area contributed by atoms with Gasteiger partial charge in [-0.05, 0) is 70.2 Å². The van der Waals surface area contributed by atoms with Gasteiger partial charge in [0.2, 0.25) is 0 Å². The molecule has 1 saturated heterocycles. The van der Waals surface area contributed by atoms with Gasteiger partial charge in [-0.2, -0.15) is 0 Å². The van der Waals surface area contributed by atoms with Gasteiger partial charge in [0.15, 0.2) is 0 Å². The van der Waals surface area contributed by atoms with Crippen LogP contribution in [0.4, 0.5) is 0 Å². The molecule has 1 aromatic rings. The Morgan fingerprint density at radius 2 is 1.79 bits per heavy atom. The maximum atomic E-state index is 12.4. The Hall–Kier alpha value is -2.08. The quantitative estimate of drug-likeness (QED) is 0.546. The SMILES string of the molecule is Cn1cccc1[C@@H](CNC(=O)C(=O)NCCC1=CCCCC1)N1CCCCCC1. The third kappa shape index (κ3) is 6.46. The van der Waals surface area contributed by atoms with Crippen molar-refractivity contribution in [2.24, 2.45) is 7.05 Å². The van der Waals surface area contributed by atoms with Crippen LogP contribution in [0.2, 0.25) is 0 Å². The van der Waals surface area contributed by atoms with Crippen molar-refractivity contribution in [1.29, 1.82) is 0 Å². The van der Waals surface area contributed by atoms with Crippen molar-refractivity contribution >= 4 is 11.8 Å². The van der Waals surface area contributed by atoms with E-state index in [9.17, 15) is 9.59 Å². The molecule has 1 aromatic heterocycles. The lowest BCUT2D eigenvalue weighted by Gasteiger charge is -2.31. The van der Waals surface area contributed by atoms with E-state index >= 15 is 0 Å². The third-order valence-corrected chi connectivity index (χ3v) is 6.19. The molecule has 29 heavy (non-hydrogen) atoms. The predicted molar refractivity (Wildman–Crippen MR) is 115 cm³/mol. The van der Waals surface area contributed by atoms with Gasteiger partial charge in [0.05, 0.1) is 6.04 Å². The van der Waals surface area contributed by atoms with Crippen LogP contribution in [0.1, 0.15) is 69.5 Å². The Kier molecular flexibility index (Phi) is 8.35. The van der Waals surface area contributed by atoms with E-state index in [4.69, 9.17) is 0 Å². The molecule has 6 heteroatoms. The molecular formula is C23H36N4O2. The number of hydrogen-bond acceptors (Lipinski definition) is 3. The van der Waals surface area contributed by atoms with Crippen LogP contribution in [-0.4, -0.2) is 47.5 Å². The third-order valence-electron chi connectivity index (χ3n) is 6.19. The Morgan fingerprint density at radius 3 is 2.45 bits per heavy atom. The summed E-state index contributed by atoms with van der Waals surface area (Å²) in [4.78, 5) is 27.0. The van der Waals surface area contributed by atoms with Crippen molar-refractivity contribution in [3.63, 3.8) is 0 Å². The predicted octanol–water partition coefficient (Wildman–Crippen LogP) is 3.07. The number of aryl methyl sites for hydroxylation is 1. The zero-order chi connectivity index (χ0) is 20.5. The highest BCUT2D eigenvalue weighted by Crippen LogP contribution is 2.24. The summed E-state index contributed by atoms with van der Waals surface area (Å²) in [5, 5.41) is 5.66. The summed E-state index contributed by atoms with van der Waals surface area (Å²) < 4.78 is 2.11. The number of amides is 2. The van der Waals surface area contributed by atoms with E-state index in [1.807, 2.05) is 19.3 Å². The van der Waals surface area contributed by atoms with Crippen LogP contribution in [0.25, 0.3) is 0 Å². The lowest BCUT2D eigenvalue weighted by Crippen LogP contribution is -2.45. The molecule has 2 aliphatic rings. The molecule has 0 aromatic carbocycles. The maximum Gasteiger partial charge on any atom is 0.309 e. The molecule has 2 amide bonds. The first-order chi connectivity index (χ1) is 14.1. The van der Waals surface area contributed by atoms with Crippen molar-refractivity contribution in [3.8, 4) is 0 Å². The van der Waals surface area contributed by atoms with Crippen molar-refractivity contribution in [2.75, 3.05) is 26.2 Å². The van der Waals surface area contributed by atoms with Gasteiger partial charge in [-0.1, -0.05) is 24.5 Å². The van der Waals surface area contributed by atoms with Gasteiger partial charge in [-0.15, -0.1) is 0 Å². The summed E-state index contributed by atoms with van der Waals surface area (Å²) in [5.74, 6) is -1.06. The second kappa shape index (κ2) is 11.2. The molecule has 1 aliphatic carbocycles. The lowest BCUT2D eigenvalue weighted by molar-refractivity contribution is -0.139. The van der Waals surface area contributed by atoms with Crippen molar-refractivity contribution in [1.82, 2.24) is 20.1 Å². The fourth-order valence-corrected chi connectivity index (χ4v) is 4.47. The molecule has 2 N–H and O–H groups in total. The van der Waals surface area contributed by atoms with E-state index in [0.717, 1.165) is 32.4 Å². The van der Waals surface area contributed by atoms with Crippen LogP contribution in [0, 0.1) is 0 Å². The number of allylic oxidation sites excluding steroid dienone is 1. The molecular weight excluding hydrogens is 364 g/mol. The Bertz CT molecular complexity index is 701. The number of nitrogens with zero attached hydrogens (tertiary/aromatic N) is 2. The number of hydrogen-bond donors (Lipinski definition) is 2. The number of rotatable bonds is 7. The molecule has 1 fully saturated rings. The molecule has 0 spiro atoms. The molecule has 0 saturated carbocycles. The number of carbonyl (C=O) groups is 2. The minimum absolute atomic E-state index is 0.0947. The fourth-order valence-electron chi connectivity index (χ4n) is 4.47. The minimum Gasteiger partial charge on any atom is -0.353 e. The molecule has 0 bridgehead atoms. The molecule has 0 radical (unpaired) electrons. The minimum atomic E-state index is -0.531. The number of carbonyl (C=O) groups excluding carboxylic acids is 2. The zero-order valence-electron chi connectivity index (χ0n) is 17.8. The summed E-state index contributed by atoms with van der Waals surface area (Å²) in [5.41, 5.74) is 2.58. The van der Waals surface area contributed by atoms with Crippen LogP contribution in [-0.2, 0) is 16.6 Å². The van der Waals surface area contributed by atoms with E-state index in [1.54, 1.807) is 0 Å².